The van der Waals surface area contributed by atoms with Crippen molar-refractivity contribution in [1.29, 1.82) is 0 Å². The van der Waals surface area contributed by atoms with Gasteiger partial charge in [-0.3, -0.25) is 4.98 Å². The molecule has 0 unspecified atom stereocenters. The van der Waals surface area contributed by atoms with E-state index in [-0.39, 0.29) is 0 Å². The molecule has 0 aliphatic heterocycles. The van der Waals surface area contributed by atoms with E-state index < -0.39 is 0 Å². The maximum absolute atomic E-state index is 5.98. The van der Waals surface area contributed by atoms with Crippen LogP contribution in [-0.4, -0.2) is 4.98 Å². The summed E-state index contributed by atoms with van der Waals surface area (Å²) in [5, 5.41) is 0.826. The summed E-state index contributed by atoms with van der Waals surface area (Å²) in [5.74, 6) is 0.455. The van der Waals surface area contributed by atoms with E-state index in [2.05, 4.69) is 18.8 Å². The zero-order valence-corrected chi connectivity index (χ0v) is 7.81. The van der Waals surface area contributed by atoms with Crippen molar-refractivity contribution in [2.75, 3.05) is 0 Å². The molecule has 0 aliphatic rings. The van der Waals surface area contributed by atoms with Crippen molar-refractivity contribution in [3.05, 3.63) is 28.5 Å². The van der Waals surface area contributed by atoms with Crippen molar-refractivity contribution in [1.82, 2.24) is 4.98 Å². The number of aryl methyl sites for hydroxylation is 1. The van der Waals surface area contributed by atoms with Crippen LogP contribution in [0.4, 0.5) is 0 Å². The average Bonchev–Trinajstić information content (AvgIpc) is 1.85. The molecule has 2 heteroatoms. The van der Waals surface area contributed by atoms with Gasteiger partial charge in [-0.1, -0.05) is 25.4 Å². The van der Waals surface area contributed by atoms with Gasteiger partial charge in [0.05, 0.1) is 0 Å². The molecule has 0 fully saturated rings. The van der Waals surface area contributed by atoms with Crippen molar-refractivity contribution in [2.45, 2.75) is 26.7 Å². The molecule has 0 amide bonds. The molecule has 0 N–H and O–H groups in total. The smallest absolute Gasteiger partial charge is 0.0473 e. The maximum atomic E-state index is 5.98. The molecule has 0 saturated carbocycles. The first kappa shape index (κ1) is 8.54. The molecule has 1 nitrogen and oxygen atoms in total. The Balaban J connectivity index is 3.21. The van der Waals surface area contributed by atoms with E-state index in [1.54, 1.807) is 6.20 Å². The van der Waals surface area contributed by atoms with Crippen LogP contribution >= 0.6 is 11.6 Å². The Morgan fingerprint density at radius 3 is 2.45 bits per heavy atom. The Hall–Kier alpha value is -0.560. The topological polar surface area (TPSA) is 12.9 Å². The predicted molar refractivity (Wildman–Crippen MR) is 48.1 cm³/mol. The third-order valence-electron chi connectivity index (χ3n) is 1.71. The fourth-order valence-electron chi connectivity index (χ4n) is 1.24. The molecule has 11 heavy (non-hydrogen) atoms. The van der Waals surface area contributed by atoms with Gasteiger partial charge in [0.1, 0.15) is 0 Å². The van der Waals surface area contributed by atoms with E-state index in [1.807, 2.05) is 13.0 Å². The molecule has 0 saturated heterocycles. The Morgan fingerprint density at radius 2 is 2.09 bits per heavy atom. The van der Waals surface area contributed by atoms with Crippen LogP contribution in [0.25, 0.3) is 0 Å². The largest absolute Gasteiger partial charge is 0.261 e. The van der Waals surface area contributed by atoms with Crippen LogP contribution in [0.3, 0.4) is 0 Å². The quantitative estimate of drug-likeness (QED) is 0.630. The SMILES string of the molecule is Cc1nccc(Cl)c1C(C)C. The van der Waals surface area contributed by atoms with Crippen molar-refractivity contribution in [3.8, 4) is 0 Å². The molecule has 0 bridgehead atoms. The molecule has 0 atom stereocenters. The minimum Gasteiger partial charge on any atom is -0.261 e. The van der Waals surface area contributed by atoms with Crippen LogP contribution in [0.2, 0.25) is 5.02 Å². The lowest BCUT2D eigenvalue weighted by atomic mass is 10.0. The Bertz CT molecular complexity index is 235. The summed E-state index contributed by atoms with van der Waals surface area (Å²) < 4.78 is 0. The molecule has 0 spiro atoms. The fraction of sp³-hybridized carbons (Fsp3) is 0.444. The summed E-state index contributed by atoms with van der Waals surface area (Å²) in [6, 6.07) is 1.84. The van der Waals surface area contributed by atoms with Gasteiger partial charge in [0.25, 0.3) is 0 Å². The van der Waals surface area contributed by atoms with Crippen LogP contribution in [-0.2, 0) is 0 Å². The molecular formula is C9H12ClN. The van der Waals surface area contributed by atoms with Crippen molar-refractivity contribution >= 4 is 11.6 Å². The van der Waals surface area contributed by atoms with Crippen LogP contribution in [0, 0.1) is 6.92 Å². The van der Waals surface area contributed by atoms with Crippen LogP contribution in [0.1, 0.15) is 31.0 Å². The first-order valence-electron chi connectivity index (χ1n) is 3.74. The lowest BCUT2D eigenvalue weighted by Gasteiger charge is -2.09. The number of nitrogens with zero attached hydrogens (tertiary/aromatic N) is 1. The first-order chi connectivity index (χ1) is 5.13. The number of aromatic nitrogens is 1. The molecule has 1 rings (SSSR count). The minimum atomic E-state index is 0.455. The van der Waals surface area contributed by atoms with Gasteiger partial charge in [-0.25, -0.2) is 0 Å². The van der Waals surface area contributed by atoms with Crippen LogP contribution < -0.4 is 0 Å². The Morgan fingerprint density at radius 1 is 1.45 bits per heavy atom. The van der Waals surface area contributed by atoms with Crippen molar-refractivity contribution < 1.29 is 0 Å². The third-order valence-corrected chi connectivity index (χ3v) is 2.04. The maximum Gasteiger partial charge on any atom is 0.0473 e. The second-order valence-corrected chi connectivity index (χ2v) is 3.35. The molecule has 0 radical (unpaired) electrons. The van der Waals surface area contributed by atoms with Crippen LogP contribution in [0.15, 0.2) is 12.3 Å². The van der Waals surface area contributed by atoms with Gasteiger partial charge < -0.3 is 0 Å². The van der Waals surface area contributed by atoms with E-state index in [4.69, 9.17) is 11.6 Å². The summed E-state index contributed by atoms with van der Waals surface area (Å²) in [6.07, 6.45) is 1.74. The van der Waals surface area contributed by atoms with E-state index in [0.717, 1.165) is 16.3 Å². The van der Waals surface area contributed by atoms with E-state index >= 15 is 0 Å². The molecule has 1 heterocycles. The number of halogens is 1. The zero-order chi connectivity index (χ0) is 8.43. The molecule has 0 aliphatic carbocycles. The minimum absolute atomic E-state index is 0.455. The normalized spacial score (nSPS) is 10.6. The lowest BCUT2D eigenvalue weighted by molar-refractivity contribution is 0.843. The average molecular weight is 170 g/mol. The first-order valence-corrected chi connectivity index (χ1v) is 4.11. The van der Waals surface area contributed by atoms with E-state index in [1.165, 1.54) is 0 Å². The van der Waals surface area contributed by atoms with E-state index in [9.17, 15) is 0 Å². The van der Waals surface area contributed by atoms with E-state index in [0.29, 0.717) is 5.92 Å². The third kappa shape index (κ3) is 1.72. The second-order valence-electron chi connectivity index (χ2n) is 2.95. The number of pyridine rings is 1. The van der Waals surface area contributed by atoms with Crippen molar-refractivity contribution in [2.24, 2.45) is 0 Å². The summed E-state index contributed by atoms with van der Waals surface area (Å²) in [6.45, 7) is 6.23. The molecule has 0 aromatic carbocycles. The van der Waals surface area contributed by atoms with Gasteiger partial charge in [-0.15, -0.1) is 0 Å². The highest BCUT2D eigenvalue weighted by Crippen LogP contribution is 2.25. The summed E-state index contributed by atoms with van der Waals surface area (Å²) in [4.78, 5) is 4.18. The number of rotatable bonds is 1. The summed E-state index contributed by atoms with van der Waals surface area (Å²) in [7, 11) is 0. The number of hydrogen-bond acceptors (Lipinski definition) is 1. The van der Waals surface area contributed by atoms with Crippen LogP contribution in [0.5, 0.6) is 0 Å². The van der Waals surface area contributed by atoms with Gasteiger partial charge in [0.15, 0.2) is 0 Å². The van der Waals surface area contributed by atoms with Gasteiger partial charge in [-0.05, 0) is 24.5 Å². The molecule has 1 aromatic heterocycles. The highest BCUT2D eigenvalue weighted by molar-refractivity contribution is 6.31. The Labute approximate surface area is 72.4 Å². The zero-order valence-electron chi connectivity index (χ0n) is 7.06. The highest BCUT2D eigenvalue weighted by Gasteiger charge is 2.07. The standard InChI is InChI=1S/C9H12ClN/c1-6(2)9-7(3)11-5-4-8(9)10/h4-6H,1-3H3. The Kier molecular flexibility index (Phi) is 2.50. The van der Waals surface area contributed by atoms with Gasteiger partial charge in [0, 0.05) is 16.9 Å². The summed E-state index contributed by atoms with van der Waals surface area (Å²) >= 11 is 5.98. The van der Waals surface area contributed by atoms with Gasteiger partial charge in [-0.2, -0.15) is 0 Å². The monoisotopic (exact) mass is 169 g/mol. The van der Waals surface area contributed by atoms with Gasteiger partial charge >= 0.3 is 0 Å². The number of hydrogen-bond donors (Lipinski definition) is 0. The highest BCUT2D eigenvalue weighted by atomic mass is 35.5. The molecule has 60 valence electrons. The second kappa shape index (κ2) is 3.22. The van der Waals surface area contributed by atoms with Gasteiger partial charge in [0.2, 0.25) is 0 Å². The lowest BCUT2D eigenvalue weighted by Crippen LogP contribution is -1.95. The summed E-state index contributed by atoms with van der Waals surface area (Å²) in [5.41, 5.74) is 2.20. The van der Waals surface area contributed by atoms with Crippen molar-refractivity contribution in [3.63, 3.8) is 0 Å². The molecular weight excluding hydrogens is 158 g/mol. The predicted octanol–water partition coefficient (Wildman–Crippen LogP) is 3.17. The molecule has 1 aromatic rings. The fourth-order valence-corrected chi connectivity index (χ4v) is 1.65.